The zero-order valence-electron chi connectivity index (χ0n) is 10.9. The molecule has 5 nitrogen and oxygen atoms in total. The molecule has 1 aromatic heterocycles. The van der Waals surface area contributed by atoms with Gasteiger partial charge < -0.3 is 15.0 Å². The predicted molar refractivity (Wildman–Crippen MR) is 72.2 cm³/mol. The molecule has 1 heterocycles. The Morgan fingerprint density at radius 3 is 2.68 bits per heavy atom. The Kier molecular flexibility index (Phi) is 3.55. The molecular weight excluding hydrogens is 244 g/mol. The summed E-state index contributed by atoms with van der Waals surface area (Å²) in [6.07, 6.45) is -0.0519. The van der Waals surface area contributed by atoms with Crippen LogP contribution in [0.25, 0.3) is 10.9 Å². The van der Waals surface area contributed by atoms with Crippen molar-refractivity contribution in [3.63, 3.8) is 0 Å². The summed E-state index contributed by atoms with van der Waals surface area (Å²) in [5, 5.41) is 9.52. The molecule has 2 rings (SSSR count). The number of amides is 1. The lowest BCUT2D eigenvalue weighted by Crippen LogP contribution is -2.29. The number of para-hydroxylation sites is 1. The van der Waals surface area contributed by atoms with Crippen LogP contribution in [0.15, 0.2) is 24.3 Å². The number of H-pyrrole nitrogens is 1. The summed E-state index contributed by atoms with van der Waals surface area (Å²) < 4.78 is 0. The van der Waals surface area contributed by atoms with E-state index in [0.29, 0.717) is 5.56 Å². The van der Waals surface area contributed by atoms with E-state index in [1.54, 1.807) is 7.05 Å². The van der Waals surface area contributed by atoms with Crippen molar-refractivity contribution in [3.05, 3.63) is 35.5 Å². The lowest BCUT2D eigenvalue weighted by atomic mass is 10.1. The summed E-state index contributed by atoms with van der Waals surface area (Å²) in [4.78, 5) is 27.5. The van der Waals surface area contributed by atoms with E-state index in [0.717, 1.165) is 16.6 Å². The molecule has 0 saturated heterocycles. The van der Waals surface area contributed by atoms with Crippen molar-refractivity contribution in [1.29, 1.82) is 0 Å². The van der Waals surface area contributed by atoms with Gasteiger partial charge >= 0.3 is 5.97 Å². The van der Waals surface area contributed by atoms with Gasteiger partial charge in [0.05, 0.1) is 12.0 Å². The van der Waals surface area contributed by atoms with E-state index in [9.17, 15) is 9.59 Å². The molecule has 0 atom stereocenters. The zero-order valence-corrected chi connectivity index (χ0v) is 10.9. The highest BCUT2D eigenvalue weighted by molar-refractivity contribution is 6.08. The second-order valence-electron chi connectivity index (χ2n) is 4.54. The number of carbonyl (C=O) groups is 2. The number of benzene rings is 1. The molecule has 19 heavy (non-hydrogen) atoms. The van der Waals surface area contributed by atoms with E-state index in [4.69, 9.17) is 5.11 Å². The summed E-state index contributed by atoms with van der Waals surface area (Å²) in [6, 6.07) is 7.58. The number of carbonyl (C=O) groups excluding carboxylic acids is 1. The first-order chi connectivity index (χ1) is 9.00. The van der Waals surface area contributed by atoms with Gasteiger partial charge in [0.15, 0.2) is 0 Å². The second-order valence-corrected chi connectivity index (χ2v) is 4.54. The number of nitrogens with one attached hydrogen (secondary N) is 1. The fourth-order valence-electron chi connectivity index (χ4n) is 2.11. The van der Waals surface area contributed by atoms with Crippen molar-refractivity contribution in [2.45, 2.75) is 13.3 Å². The summed E-state index contributed by atoms with van der Waals surface area (Å²) in [5.74, 6) is -1.06. The molecule has 2 N–H and O–H groups in total. The van der Waals surface area contributed by atoms with Crippen LogP contribution >= 0.6 is 0 Å². The summed E-state index contributed by atoms with van der Waals surface area (Å²) in [7, 11) is 1.62. The molecule has 1 aromatic carbocycles. The minimum absolute atomic E-state index is 0.0519. The van der Waals surface area contributed by atoms with E-state index in [2.05, 4.69) is 4.98 Å². The molecule has 1 amide bonds. The maximum absolute atomic E-state index is 12.4. The van der Waals surface area contributed by atoms with Gasteiger partial charge in [-0.2, -0.15) is 0 Å². The van der Waals surface area contributed by atoms with Gasteiger partial charge in [-0.1, -0.05) is 18.2 Å². The number of rotatable bonds is 4. The minimum atomic E-state index is -0.907. The number of hydrogen-bond donors (Lipinski definition) is 2. The number of aromatic amines is 1. The van der Waals surface area contributed by atoms with Crippen LogP contribution in [0, 0.1) is 6.92 Å². The molecule has 0 radical (unpaired) electrons. The quantitative estimate of drug-likeness (QED) is 0.883. The van der Waals surface area contributed by atoms with Crippen molar-refractivity contribution in [2.24, 2.45) is 0 Å². The maximum Gasteiger partial charge on any atom is 0.305 e. The fourth-order valence-corrected chi connectivity index (χ4v) is 2.11. The van der Waals surface area contributed by atoms with E-state index in [-0.39, 0.29) is 18.9 Å². The van der Waals surface area contributed by atoms with Crippen molar-refractivity contribution in [1.82, 2.24) is 9.88 Å². The van der Waals surface area contributed by atoms with Gasteiger partial charge in [-0.05, 0) is 13.0 Å². The highest BCUT2D eigenvalue weighted by atomic mass is 16.4. The van der Waals surface area contributed by atoms with Crippen LogP contribution in [0.1, 0.15) is 22.5 Å². The first-order valence-corrected chi connectivity index (χ1v) is 6.05. The number of carboxylic acids is 1. The van der Waals surface area contributed by atoms with Crippen LogP contribution in [0.3, 0.4) is 0 Å². The summed E-state index contributed by atoms with van der Waals surface area (Å²) >= 11 is 0. The van der Waals surface area contributed by atoms with Gasteiger partial charge in [-0.25, -0.2) is 0 Å². The molecular formula is C14H16N2O3. The van der Waals surface area contributed by atoms with Crippen LogP contribution < -0.4 is 0 Å². The highest BCUT2D eigenvalue weighted by Crippen LogP contribution is 2.22. The van der Waals surface area contributed by atoms with Crippen LogP contribution in [0.2, 0.25) is 0 Å². The van der Waals surface area contributed by atoms with Crippen LogP contribution in [0.5, 0.6) is 0 Å². The Labute approximate surface area is 110 Å². The molecule has 0 saturated carbocycles. The number of aromatic nitrogens is 1. The highest BCUT2D eigenvalue weighted by Gasteiger charge is 2.19. The molecule has 0 aliphatic carbocycles. The summed E-state index contributed by atoms with van der Waals surface area (Å²) in [5.41, 5.74) is 2.33. The number of aryl methyl sites for hydroxylation is 1. The molecule has 0 fully saturated rings. The molecule has 0 spiro atoms. The first-order valence-electron chi connectivity index (χ1n) is 6.05. The minimum Gasteiger partial charge on any atom is -0.481 e. The smallest absolute Gasteiger partial charge is 0.305 e. The van der Waals surface area contributed by atoms with Crippen molar-refractivity contribution in [3.8, 4) is 0 Å². The second kappa shape index (κ2) is 5.14. The lowest BCUT2D eigenvalue weighted by Gasteiger charge is -2.16. The van der Waals surface area contributed by atoms with Gasteiger partial charge in [0.1, 0.15) is 0 Å². The van der Waals surface area contributed by atoms with Crippen molar-refractivity contribution in [2.75, 3.05) is 13.6 Å². The van der Waals surface area contributed by atoms with E-state index >= 15 is 0 Å². The van der Waals surface area contributed by atoms with E-state index < -0.39 is 5.97 Å². The number of fused-ring (bicyclic) bond motifs is 1. The number of carboxylic acid groups (broad SMARTS) is 1. The average Bonchev–Trinajstić information content (AvgIpc) is 2.70. The van der Waals surface area contributed by atoms with Gasteiger partial charge in [0.25, 0.3) is 5.91 Å². The third kappa shape index (κ3) is 2.59. The van der Waals surface area contributed by atoms with E-state index in [1.165, 1.54) is 4.90 Å². The Bertz CT molecular complexity index is 631. The molecule has 0 aliphatic rings. The number of hydrogen-bond acceptors (Lipinski definition) is 2. The Morgan fingerprint density at radius 2 is 2.00 bits per heavy atom. The molecule has 5 heteroatoms. The summed E-state index contributed by atoms with van der Waals surface area (Å²) in [6.45, 7) is 2.05. The van der Waals surface area contributed by atoms with Gasteiger partial charge in [0.2, 0.25) is 0 Å². The third-order valence-electron chi connectivity index (χ3n) is 3.12. The molecule has 0 aliphatic heterocycles. The fraction of sp³-hybridized carbons (Fsp3) is 0.286. The average molecular weight is 260 g/mol. The number of aliphatic carboxylic acids is 1. The van der Waals surface area contributed by atoms with Crippen molar-refractivity contribution >= 4 is 22.8 Å². The Morgan fingerprint density at radius 1 is 1.32 bits per heavy atom. The first kappa shape index (κ1) is 13.1. The SMILES string of the molecule is Cc1[nH]c2ccccc2c1C(=O)N(C)CCC(=O)O. The van der Waals surface area contributed by atoms with Gasteiger partial charge in [-0.15, -0.1) is 0 Å². The zero-order chi connectivity index (χ0) is 14.0. The Balaban J connectivity index is 2.30. The van der Waals surface area contributed by atoms with Gasteiger partial charge in [0, 0.05) is 30.2 Å². The standard InChI is InChI=1S/C14H16N2O3/c1-9-13(10-5-3-4-6-11(10)15-9)14(19)16(2)8-7-12(17)18/h3-6,15H,7-8H2,1-2H3,(H,17,18). The van der Waals surface area contributed by atoms with E-state index in [1.807, 2.05) is 31.2 Å². The lowest BCUT2D eigenvalue weighted by molar-refractivity contribution is -0.137. The predicted octanol–water partition coefficient (Wildman–Crippen LogP) is 2.02. The monoisotopic (exact) mass is 260 g/mol. The van der Waals surface area contributed by atoms with Crippen LogP contribution in [-0.2, 0) is 4.79 Å². The Hall–Kier alpha value is -2.30. The normalized spacial score (nSPS) is 10.6. The molecule has 100 valence electrons. The topological polar surface area (TPSA) is 73.4 Å². The largest absolute Gasteiger partial charge is 0.481 e. The van der Waals surface area contributed by atoms with Crippen LogP contribution in [0.4, 0.5) is 0 Å². The van der Waals surface area contributed by atoms with Crippen molar-refractivity contribution < 1.29 is 14.7 Å². The van der Waals surface area contributed by atoms with Crippen LogP contribution in [-0.4, -0.2) is 40.5 Å². The third-order valence-corrected chi connectivity index (χ3v) is 3.12. The maximum atomic E-state index is 12.4. The molecule has 2 aromatic rings. The molecule has 0 unspecified atom stereocenters. The number of nitrogens with zero attached hydrogens (tertiary/aromatic N) is 1. The molecule has 0 bridgehead atoms. The van der Waals surface area contributed by atoms with Gasteiger partial charge in [-0.3, -0.25) is 9.59 Å².